The molecule has 5 aromatic rings. The Morgan fingerprint density at radius 3 is 1.27 bits per heavy atom. The lowest BCUT2D eigenvalue weighted by molar-refractivity contribution is -0.106. The Balaban J connectivity index is 1.55. The number of carbonyl (C=O) groups is 4. The van der Waals surface area contributed by atoms with Crippen molar-refractivity contribution >= 4 is 30.1 Å². The molecule has 0 heterocycles. The van der Waals surface area contributed by atoms with Crippen LogP contribution in [-0.2, 0) is 30.4 Å². The number of ether oxygens (including phenoxy) is 4. The van der Waals surface area contributed by atoms with Crippen molar-refractivity contribution in [3.63, 3.8) is 0 Å². The summed E-state index contributed by atoms with van der Waals surface area (Å²) in [6.07, 6.45) is -4.78. The highest BCUT2D eigenvalue weighted by molar-refractivity contribution is 5.92. The van der Waals surface area contributed by atoms with Crippen LogP contribution in [0.5, 0.6) is 0 Å². The molecule has 0 radical (unpaired) electrons. The minimum Gasteiger partial charge on any atom is -0.455 e. The lowest BCUT2D eigenvalue weighted by atomic mass is 10.0. The van der Waals surface area contributed by atoms with E-state index in [1.807, 2.05) is 30.3 Å². The average molecular weight is 686 g/mol. The van der Waals surface area contributed by atoms with Crippen molar-refractivity contribution in [1.82, 2.24) is 0 Å². The Labute approximate surface area is 295 Å². The van der Waals surface area contributed by atoms with E-state index < -0.39 is 48.3 Å². The summed E-state index contributed by atoms with van der Waals surface area (Å²) >= 11 is 0. The summed E-state index contributed by atoms with van der Waals surface area (Å²) in [5, 5.41) is 4.06. The van der Waals surface area contributed by atoms with Crippen LogP contribution in [0.4, 0.5) is 0 Å². The second-order valence-electron chi connectivity index (χ2n) is 11.2. The zero-order chi connectivity index (χ0) is 35.8. The van der Waals surface area contributed by atoms with Crippen molar-refractivity contribution in [2.45, 2.75) is 37.9 Å². The molecule has 5 rings (SSSR count). The molecule has 10 nitrogen and oxygen atoms in total. The number of rotatable bonds is 15. The van der Waals surface area contributed by atoms with E-state index in [2.05, 4.69) is 5.16 Å². The van der Waals surface area contributed by atoms with Crippen LogP contribution in [-0.4, -0.2) is 54.5 Å². The van der Waals surface area contributed by atoms with Crippen molar-refractivity contribution in [1.29, 1.82) is 0 Å². The summed E-state index contributed by atoms with van der Waals surface area (Å²) in [6, 6.07) is 41.8. The zero-order valence-electron chi connectivity index (χ0n) is 27.6. The third kappa shape index (κ3) is 10.5. The monoisotopic (exact) mass is 685 g/mol. The highest BCUT2D eigenvalue weighted by Gasteiger charge is 2.43. The summed E-state index contributed by atoms with van der Waals surface area (Å²) in [6.45, 7) is 1.55. The molecule has 0 saturated heterocycles. The van der Waals surface area contributed by atoms with Crippen LogP contribution in [0.1, 0.15) is 53.9 Å². The maximum Gasteiger partial charge on any atom is 0.338 e. The quantitative estimate of drug-likeness (QED) is 0.0490. The van der Waals surface area contributed by atoms with Gasteiger partial charge in [-0.1, -0.05) is 108 Å². The Morgan fingerprint density at radius 1 is 0.490 bits per heavy atom. The molecule has 0 spiro atoms. The highest BCUT2D eigenvalue weighted by Crippen LogP contribution is 2.23. The van der Waals surface area contributed by atoms with Crippen LogP contribution in [0.2, 0.25) is 0 Å². The first-order valence-electron chi connectivity index (χ1n) is 16.1. The number of benzene rings is 5. The number of hydrogen-bond acceptors (Lipinski definition) is 10. The molecule has 0 aliphatic rings. The first kappa shape index (κ1) is 35.7. The molecule has 0 aliphatic heterocycles. The number of esters is 4. The van der Waals surface area contributed by atoms with Gasteiger partial charge in [-0.2, -0.15) is 0 Å². The van der Waals surface area contributed by atoms with E-state index in [0.717, 1.165) is 11.8 Å². The highest BCUT2D eigenvalue weighted by atomic mass is 16.6. The largest absolute Gasteiger partial charge is 0.455 e. The SMILES string of the molecule is C[C@H](OC(=O)c1ccccc1)[C@H](OC(=O)c1ccccc1)[C@@H](OC(=O)c1ccccc1)[C@H](C=NOCc1ccccc1)OC(=O)c1ccccc1. The molecule has 0 aromatic heterocycles. The van der Waals surface area contributed by atoms with Gasteiger partial charge < -0.3 is 23.8 Å². The van der Waals surface area contributed by atoms with Crippen molar-refractivity contribution in [2.24, 2.45) is 5.16 Å². The number of hydrogen-bond donors (Lipinski definition) is 0. The van der Waals surface area contributed by atoms with E-state index in [1.165, 1.54) is 31.2 Å². The molecule has 5 aromatic carbocycles. The Morgan fingerprint density at radius 2 is 0.843 bits per heavy atom. The Bertz CT molecular complexity index is 1890. The average Bonchev–Trinajstić information content (AvgIpc) is 3.18. The van der Waals surface area contributed by atoms with E-state index >= 15 is 0 Å². The van der Waals surface area contributed by atoms with Crippen LogP contribution in [0, 0.1) is 0 Å². The molecule has 0 fully saturated rings. The number of nitrogens with zero attached hydrogens (tertiary/aromatic N) is 1. The summed E-state index contributed by atoms with van der Waals surface area (Å²) in [4.78, 5) is 59.6. The molecule has 0 bridgehead atoms. The molecule has 51 heavy (non-hydrogen) atoms. The molecule has 0 amide bonds. The predicted molar refractivity (Wildman–Crippen MR) is 188 cm³/mol. The Kier molecular flexibility index (Phi) is 12.8. The summed E-state index contributed by atoms with van der Waals surface area (Å²) in [7, 11) is 0. The first-order valence-corrected chi connectivity index (χ1v) is 16.1. The van der Waals surface area contributed by atoms with Crippen molar-refractivity contribution in [2.75, 3.05) is 0 Å². The molecule has 0 unspecified atom stereocenters. The number of carbonyl (C=O) groups excluding carboxylic acids is 4. The smallest absolute Gasteiger partial charge is 0.338 e. The fraction of sp³-hybridized carbons (Fsp3) is 0.146. The maximum absolute atomic E-state index is 13.7. The van der Waals surface area contributed by atoms with Crippen LogP contribution < -0.4 is 0 Å². The van der Waals surface area contributed by atoms with Crippen LogP contribution in [0.3, 0.4) is 0 Å². The summed E-state index contributed by atoms with van der Waals surface area (Å²) in [5.74, 6) is -3.16. The van der Waals surface area contributed by atoms with Crippen molar-refractivity contribution in [3.05, 3.63) is 179 Å². The van der Waals surface area contributed by atoms with E-state index in [9.17, 15) is 19.2 Å². The molecular formula is C41H35NO9. The van der Waals surface area contributed by atoms with Gasteiger partial charge in [-0.25, -0.2) is 19.2 Å². The van der Waals surface area contributed by atoms with Crippen LogP contribution in [0.25, 0.3) is 0 Å². The van der Waals surface area contributed by atoms with Gasteiger partial charge in [0.25, 0.3) is 0 Å². The van der Waals surface area contributed by atoms with Gasteiger partial charge >= 0.3 is 23.9 Å². The van der Waals surface area contributed by atoms with Crippen molar-refractivity contribution in [3.8, 4) is 0 Å². The van der Waals surface area contributed by atoms with E-state index in [-0.39, 0.29) is 28.9 Å². The van der Waals surface area contributed by atoms with E-state index in [1.54, 1.807) is 97.1 Å². The standard InChI is InChI=1S/C41H35NO9/c1-29(48-38(43)31-19-9-3-10-20-31)36(50-40(45)33-23-13-5-14-24-33)37(51-41(46)34-25-15-6-16-26-34)35(49-39(44)32-21-11-4-12-22-32)27-42-47-28-30-17-7-2-8-18-30/h2-27,29,35-37H,28H2,1H3/t29-,35-,36-,37-/m0/s1. The zero-order valence-corrected chi connectivity index (χ0v) is 27.6. The third-order valence-corrected chi connectivity index (χ3v) is 7.53. The van der Waals surface area contributed by atoms with E-state index in [0.29, 0.717) is 0 Å². The Hall–Kier alpha value is -6.55. The van der Waals surface area contributed by atoms with E-state index in [4.69, 9.17) is 23.8 Å². The topological polar surface area (TPSA) is 127 Å². The molecule has 258 valence electrons. The van der Waals surface area contributed by atoms with Gasteiger partial charge in [-0.15, -0.1) is 0 Å². The molecule has 0 saturated carbocycles. The fourth-order valence-electron chi connectivity index (χ4n) is 4.90. The lowest BCUT2D eigenvalue weighted by Crippen LogP contribution is -2.51. The van der Waals surface area contributed by atoms with Crippen LogP contribution in [0.15, 0.2) is 157 Å². The number of oxime groups is 1. The summed E-state index contributed by atoms with van der Waals surface area (Å²) in [5.41, 5.74) is 1.58. The van der Waals surface area contributed by atoms with Gasteiger partial charge in [-0.3, -0.25) is 0 Å². The van der Waals surface area contributed by atoms with Gasteiger partial charge in [0.2, 0.25) is 0 Å². The third-order valence-electron chi connectivity index (χ3n) is 7.53. The fourth-order valence-corrected chi connectivity index (χ4v) is 4.90. The lowest BCUT2D eigenvalue weighted by Gasteiger charge is -2.33. The molecule has 10 heteroatoms. The molecular weight excluding hydrogens is 650 g/mol. The second kappa shape index (κ2) is 18.3. The first-order chi connectivity index (χ1) is 24.9. The minimum absolute atomic E-state index is 0.0721. The minimum atomic E-state index is -1.61. The second-order valence-corrected chi connectivity index (χ2v) is 11.2. The summed E-state index contributed by atoms with van der Waals surface area (Å²) < 4.78 is 23.7. The van der Waals surface area contributed by atoms with Crippen molar-refractivity contribution < 1.29 is 43.0 Å². The van der Waals surface area contributed by atoms with Gasteiger partial charge in [0.1, 0.15) is 12.7 Å². The molecule has 0 aliphatic carbocycles. The van der Waals surface area contributed by atoms with Gasteiger partial charge in [0.15, 0.2) is 18.3 Å². The predicted octanol–water partition coefficient (Wildman–Crippen LogP) is 7.11. The van der Waals surface area contributed by atoms with Gasteiger partial charge in [-0.05, 0) is 61.0 Å². The normalized spacial score (nSPS) is 13.2. The maximum atomic E-state index is 13.7. The van der Waals surface area contributed by atoms with Crippen LogP contribution >= 0.6 is 0 Å². The molecule has 4 atom stereocenters. The van der Waals surface area contributed by atoms with Gasteiger partial charge in [0, 0.05) is 0 Å². The van der Waals surface area contributed by atoms with Gasteiger partial charge in [0.05, 0.1) is 28.5 Å². The molecule has 0 N–H and O–H groups in total.